The van der Waals surface area contributed by atoms with Crippen LogP contribution < -0.4 is 0 Å². The van der Waals surface area contributed by atoms with Crippen molar-refractivity contribution in [2.24, 2.45) is 5.92 Å². The second-order valence-electron chi connectivity index (χ2n) is 4.02. The Labute approximate surface area is 114 Å². The first-order valence-electron chi connectivity index (χ1n) is 5.28. The van der Waals surface area contributed by atoms with E-state index in [4.69, 9.17) is 0 Å². The number of rotatable bonds is 0. The Morgan fingerprint density at radius 1 is 1.21 bits per heavy atom. The standard InChI is InChI=1S/C10H16I2OS/c11-10-12-9(13)7-5-3-1-2-4-6-8(7)14-10/h7-9,13H,1-6H2. The van der Waals surface area contributed by atoms with Gasteiger partial charge in [-0.25, -0.2) is 0 Å². The number of hydrogen-bond acceptors (Lipinski definition) is 2. The largest absolute Gasteiger partial charge is 0.383 e. The lowest BCUT2D eigenvalue weighted by Crippen LogP contribution is -2.30. The fraction of sp³-hybridized carbons (Fsp3) is 0.900. The number of hydrogen-bond donors (Lipinski definition) is 1. The zero-order chi connectivity index (χ0) is 9.97. The highest BCUT2D eigenvalue weighted by molar-refractivity contribution is 14.2. The fourth-order valence-corrected chi connectivity index (χ4v) is 10.0. The van der Waals surface area contributed by atoms with E-state index < -0.39 is 0 Å². The molecule has 0 amide bonds. The van der Waals surface area contributed by atoms with Gasteiger partial charge in [-0.1, -0.05) is 46.4 Å². The van der Waals surface area contributed by atoms with Crippen LogP contribution in [0, 0.1) is 5.92 Å². The zero-order valence-corrected chi connectivity index (χ0v) is 13.2. The van der Waals surface area contributed by atoms with Gasteiger partial charge in [-0.05, 0) is 35.4 Å². The first-order chi connectivity index (χ1) is 6.77. The second-order valence-corrected chi connectivity index (χ2v) is 12.9. The number of alkyl halides is 1. The van der Waals surface area contributed by atoms with Crippen molar-refractivity contribution in [1.29, 1.82) is 0 Å². The van der Waals surface area contributed by atoms with E-state index in [-0.39, 0.29) is 24.8 Å². The van der Waals surface area contributed by atoms with Crippen LogP contribution in [0.4, 0.5) is 0 Å². The monoisotopic (exact) mass is 438 g/mol. The van der Waals surface area contributed by atoms with Crippen molar-refractivity contribution in [3.63, 3.8) is 0 Å². The van der Waals surface area contributed by atoms with Crippen molar-refractivity contribution in [2.75, 3.05) is 0 Å². The van der Waals surface area contributed by atoms with Crippen LogP contribution in [0.15, 0.2) is 0 Å². The van der Waals surface area contributed by atoms with Crippen molar-refractivity contribution in [3.8, 4) is 0 Å². The van der Waals surface area contributed by atoms with Crippen LogP contribution in [0.5, 0.6) is 0 Å². The third kappa shape index (κ3) is 3.07. The number of thioether (sulfide) groups is 1. The third-order valence-electron chi connectivity index (χ3n) is 3.04. The first kappa shape index (κ1) is 12.1. The van der Waals surface area contributed by atoms with Gasteiger partial charge < -0.3 is 5.11 Å². The predicted molar refractivity (Wildman–Crippen MR) is 81.6 cm³/mol. The minimum atomic E-state index is -0.0562. The summed E-state index contributed by atoms with van der Waals surface area (Å²) in [6.07, 6.45) is 8.14. The van der Waals surface area contributed by atoms with Crippen molar-refractivity contribution in [1.82, 2.24) is 0 Å². The van der Waals surface area contributed by atoms with E-state index in [0.717, 1.165) is 5.25 Å². The SMILES string of the molecule is OC1I=C(I)SC2CCCCCCC21. The average Bonchev–Trinajstić information content (AvgIpc) is 2.07. The van der Waals surface area contributed by atoms with Gasteiger partial charge in [0.15, 0.2) is 0 Å². The molecule has 1 heterocycles. The van der Waals surface area contributed by atoms with Gasteiger partial charge >= 0.3 is 0 Å². The summed E-state index contributed by atoms with van der Waals surface area (Å²) in [6, 6.07) is 0. The van der Waals surface area contributed by atoms with Gasteiger partial charge in [0, 0.05) is 11.2 Å². The Kier molecular flexibility index (Phi) is 5.03. The lowest BCUT2D eigenvalue weighted by molar-refractivity contribution is 0.186. The Morgan fingerprint density at radius 3 is 2.71 bits per heavy atom. The fourth-order valence-electron chi connectivity index (χ4n) is 2.25. The normalized spacial score (nSPS) is 39.9. The molecule has 2 aliphatic rings. The van der Waals surface area contributed by atoms with Crippen LogP contribution in [-0.2, 0) is 0 Å². The summed E-state index contributed by atoms with van der Waals surface area (Å²) in [5.74, 6) is 0.631. The molecular formula is C10H16I2OS. The molecule has 0 aromatic heterocycles. The van der Waals surface area contributed by atoms with E-state index in [1.165, 1.54) is 39.4 Å². The van der Waals surface area contributed by atoms with E-state index in [1.54, 1.807) is 0 Å². The molecule has 3 atom stereocenters. The highest BCUT2D eigenvalue weighted by Crippen LogP contribution is 2.44. The molecule has 1 aliphatic heterocycles. The summed E-state index contributed by atoms with van der Waals surface area (Å²) in [5.41, 5.74) is 0. The Balaban J connectivity index is 2.07. The van der Waals surface area contributed by atoms with E-state index in [9.17, 15) is 5.11 Å². The van der Waals surface area contributed by atoms with Crippen LogP contribution in [0.2, 0.25) is 0 Å². The quantitative estimate of drug-likeness (QED) is 0.458. The second kappa shape index (κ2) is 5.82. The summed E-state index contributed by atoms with van der Waals surface area (Å²) in [4.78, 5) is 0. The van der Waals surface area contributed by atoms with E-state index in [1.807, 2.05) is 0 Å². The maximum absolute atomic E-state index is 10.1. The van der Waals surface area contributed by atoms with Crippen LogP contribution in [0.3, 0.4) is 0 Å². The van der Waals surface area contributed by atoms with Crippen LogP contribution in [0.1, 0.15) is 38.5 Å². The summed E-state index contributed by atoms with van der Waals surface area (Å²) < 4.78 is 1.58. The van der Waals surface area contributed by atoms with Gasteiger partial charge in [0.1, 0.15) is 4.11 Å². The molecule has 0 radical (unpaired) electrons. The molecular weight excluding hydrogens is 422 g/mol. The molecule has 3 unspecified atom stereocenters. The molecule has 1 fully saturated rings. The molecule has 4 heteroatoms. The predicted octanol–water partition coefficient (Wildman–Crippen LogP) is 3.88. The van der Waals surface area contributed by atoms with Crippen LogP contribution in [-0.4, -0.2) is 15.3 Å². The molecule has 2 rings (SSSR count). The van der Waals surface area contributed by atoms with Crippen molar-refractivity contribution >= 4 is 55.9 Å². The van der Waals surface area contributed by atoms with E-state index >= 15 is 0 Å². The summed E-state index contributed by atoms with van der Waals surface area (Å²) in [5, 5.41) is 10.8. The molecule has 1 aliphatic carbocycles. The number of aliphatic hydroxyl groups is 1. The van der Waals surface area contributed by atoms with Crippen molar-refractivity contribution < 1.29 is 5.11 Å². The highest BCUT2D eigenvalue weighted by atomic mass is 127. The van der Waals surface area contributed by atoms with Crippen molar-refractivity contribution in [3.05, 3.63) is 0 Å². The molecule has 0 aromatic rings. The third-order valence-corrected chi connectivity index (χ3v) is 9.87. The van der Waals surface area contributed by atoms with Gasteiger partial charge in [0.2, 0.25) is 0 Å². The van der Waals surface area contributed by atoms with E-state index in [2.05, 4.69) is 34.4 Å². The number of fused-ring (bicyclic) bond motifs is 1. The van der Waals surface area contributed by atoms with Crippen LogP contribution >= 0.6 is 55.1 Å². The van der Waals surface area contributed by atoms with Crippen LogP contribution in [0.25, 0.3) is 0 Å². The molecule has 0 aromatic carbocycles. The summed E-state index contributed by atoms with van der Waals surface area (Å²) >= 11 is 4.48. The Morgan fingerprint density at radius 2 is 1.93 bits per heavy atom. The highest BCUT2D eigenvalue weighted by Gasteiger charge is 2.32. The van der Waals surface area contributed by atoms with E-state index in [0.29, 0.717) is 5.92 Å². The summed E-state index contributed by atoms with van der Waals surface area (Å²) in [7, 11) is 0. The molecule has 0 bridgehead atoms. The van der Waals surface area contributed by atoms with Gasteiger partial charge in [-0.3, -0.25) is 0 Å². The Hall–Kier alpha value is 1.64. The Bertz CT molecular complexity index is 232. The molecule has 1 N–H and O–H groups in total. The molecule has 1 nitrogen and oxygen atoms in total. The lowest BCUT2D eigenvalue weighted by Gasteiger charge is -2.34. The first-order valence-corrected chi connectivity index (χ1v) is 9.56. The topological polar surface area (TPSA) is 20.2 Å². The zero-order valence-electron chi connectivity index (χ0n) is 8.09. The van der Waals surface area contributed by atoms with Gasteiger partial charge in [0.05, 0.1) is 0.848 Å². The number of aliphatic hydroxyl groups excluding tert-OH is 1. The van der Waals surface area contributed by atoms with Gasteiger partial charge in [-0.15, -0.1) is 11.8 Å². The molecule has 0 saturated heterocycles. The maximum atomic E-state index is 10.1. The molecule has 1 saturated carbocycles. The van der Waals surface area contributed by atoms with Gasteiger partial charge in [-0.2, -0.15) is 0 Å². The number of halogens is 2. The average molecular weight is 438 g/mol. The summed E-state index contributed by atoms with van der Waals surface area (Å²) in [6.45, 7) is 0. The maximum Gasteiger partial charge on any atom is 0.105 e. The molecule has 0 spiro atoms. The van der Waals surface area contributed by atoms with Gasteiger partial charge in [0.25, 0.3) is 0 Å². The molecule has 14 heavy (non-hydrogen) atoms. The smallest absolute Gasteiger partial charge is 0.105 e. The minimum Gasteiger partial charge on any atom is -0.383 e. The minimum absolute atomic E-state index is 0.0562. The van der Waals surface area contributed by atoms with Crippen molar-refractivity contribution in [2.45, 2.75) is 47.9 Å². The molecule has 82 valence electrons. The lowest BCUT2D eigenvalue weighted by atomic mass is 9.91.